The maximum Gasteiger partial charge on any atom is 0.248 e. The second kappa shape index (κ2) is 11.0. The van der Waals surface area contributed by atoms with E-state index in [1.54, 1.807) is 12.1 Å². The number of aryl methyl sites for hydroxylation is 2. The van der Waals surface area contributed by atoms with Gasteiger partial charge >= 0.3 is 0 Å². The maximum absolute atomic E-state index is 15.4. The van der Waals surface area contributed by atoms with Crippen LogP contribution < -0.4 is 20.9 Å². The fourth-order valence-corrected chi connectivity index (χ4v) is 6.94. The number of carbonyl (C=O) groups is 1. The number of piperidine rings is 1. The Morgan fingerprint density at radius 2 is 1.64 bits per heavy atom. The second-order valence-electron chi connectivity index (χ2n) is 11.9. The van der Waals surface area contributed by atoms with Crippen LogP contribution in [0.15, 0.2) is 72.8 Å². The highest BCUT2D eigenvalue weighted by Gasteiger charge is 2.35. The van der Waals surface area contributed by atoms with Crippen molar-refractivity contribution in [1.82, 2.24) is 25.0 Å². The average molecular weight is 602 g/mol. The molecule has 0 spiro atoms. The zero-order valence-corrected chi connectivity index (χ0v) is 24.7. The summed E-state index contributed by atoms with van der Waals surface area (Å²) in [6, 6.07) is 23.4. The molecular weight excluding hydrogens is 569 g/mol. The van der Waals surface area contributed by atoms with Crippen molar-refractivity contribution in [2.45, 2.75) is 44.6 Å². The van der Waals surface area contributed by atoms with E-state index in [0.717, 1.165) is 60.2 Å². The molecule has 8 rings (SSSR count). The molecule has 5 aromatic rings. The van der Waals surface area contributed by atoms with Gasteiger partial charge < -0.3 is 20.9 Å². The van der Waals surface area contributed by atoms with E-state index in [4.69, 9.17) is 5.73 Å². The Kier molecular flexibility index (Phi) is 6.66. The van der Waals surface area contributed by atoms with Gasteiger partial charge in [-0.05, 0) is 79.1 Å². The summed E-state index contributed by atoms with van der Waals surface area (Å²) in [6.45, 7) is 1.33. The fourth-order valence-electron chi connectivity index (χ4n) is 6.94. The summed E-state index contributed by atoms with van der Waals surface area (Å²) in [7, 11) is 0. The number of benzene rings is 3. The van der Waals surface area contributed by atoms with E-state index in [1.807, 2.05) is 46.2 Å². The Bertz CT molecular complexity index is 1930. The smallest absolute Gasteiger partial charge is 0.248 e. The van der Waals surface area contributed by atoms with E-state index in [1.165, 1.54) is 16.3 Å². The first-order valence-electron chi connectivity index (χ1n) is 15.4. The minimum atomic E-state index is -0.342. The lowest BCUT2D eigenvalue weighted by atomic mass is 10.0. The third-order valence-corrected chi connectivity index (χ3v) is 9.11. The van der Waals surface area contributed by atoms with Gasteiger partial charge in [0.2, 0.25) is 17.8 Å². The van der Waals surface area contributed by atoms with Gasteiger partial charge in [-0.15, -0.1) is 15.3 Å². The SMILES string of the molecule is Nc1nc(Nc2ccc(N3CCC(N4C(=O)Cc5ccccc54)CC3)c(F)c2)nn1-c1cc2c(nn1)-c1ccccc1CCC2. The molecule has 1 saturated heterocycles. The lowest BCUT2D eigenvalue weighted by Gasteiger charge is -2.38. The van der Waals surface area contributed by atoms with Crippen LogP contribution in [-0.4, -0.2) is 50.0 Å². The first-order valence-corrected chi connectivity index (χ1v) is 15.4. The van der Waals surface area contributed by atoms with E-state index in [-0.39, 0.29) is 29.7 Å². The summed E-state index contributed by atoms with van der Waals surface area (Å²) in [5.41, 5.74) is 13.7. The van der Waals surface area contributed by atoms with Gasteiger partial charge in [0.05, 0.1) is 17.8 Å². The van der Waals surface area contributed by atoms with Crippen LogP contribution in [0.3, 0.4) is 0 Å². The molecule has 1 aliphatic carbocycles. The molecule has 0 radical (unpaired) electrons. The lowest BCUT2D eigenvalue weighted by molar-refractivity contribution is -0.117. The van der Waals surface area contributed by atoms with Crippen molar-refractivity contribution < 1.29 is 9.18 Å². The highest BCUT2D eigenvalue weighted by Crippen LogP contribution is 2.35. The largest absolute Gasteiger partial charge is 0.369 e. The van der Waals surface area contributed by atoms with Gasteiger partial charge in [-0.3, -0.25) is 4.79 Å². The number of rotatable bonds is 5. The number of nitrogens with one attached hydrogen (secondary N) is 1. The molecule has 2 aliphatic heterocycles. The number of amides is 1. The van der Waals surface area contributed by atoms with E-state index in [2.05, 4.69) is 43.8 Å². The van der Waals surface area contributed by atoms with Crippen LogP contribution in [0.1, 0.15) is 36.0 Å². The van der Waals surface area contributed by atoms with Crippen molar-refractivity contribution in [2.75, 3.05) is 33.9 Å². The molecule has 45 heavy (non-hydrogen) atoms. The highest BCUT2D eigenvalue weighted by atomic mass is 19.1. The monoisotopic (exact) mass is 601 g/mol. The number of nitrogens with two attached hydrogens (primary N) is 1. The van der Waals surface area contributed by atoms with E-state index in [0.29, 0.717) is 36.7 Å². The Morgan fingerprint density at radius 3 is 2.49 bits per heavy atom. The average Bonchev–Trinajstić information content (AvgIpc) is 3.52. The van der Waals surface area contributed by atoms with E-state index in [9.17, 15) is 4.79 Å². The van der Waals surface area contributed by atoms with Crippen molar-refractivity contribution in [1.29, 1.82) is 0 Å². The van der Waals surface area contributed by atoms with Gasteiger partial charge in [-0.2, -0.15) is 9.67 Å². The Labute approximate surface area is 259 Å². The molecule has 0 atom stereocenters. The summed E-state index contributed by atoms with van der Waals surface area (Å²) < 4.78 is 16.9. The van der Waals surface area contributed by atoms with Gasteiger partial charge in [0.1, 0.15) is 5.82 Å². The predicted molar refractivity (Wildman–Crippen MR) is 171 cm³/mol. The summed E-state index contributed by atoms with van der Waals surface area (Å²) in [6.07, 6.45) is 4.88. The molecule has 3 aliphatic rings. The number of carbonyl (C=O) groups excluding carboxylic acids is 1. The molecular formula is C34H32FN9O. The summed E-state index contributed by atoms with van der Waals surface area (Å²) >= 11 is 0. The Morgan fingerprint density at radius 1 is 0.867 bits per heavy atom. The Hall–Kier alpha value is -5.32. The highest BCUT2D eigenvalue weighted by molar-refractivity contribution is 6.01. The zero-order chi connectivity index (χ0) is 30.5. The number of para-hydroxylation sites is 1. The van der Waals surface area contributed by atoms with Gasteiger partial charge in [-0.25, -0.2) is 4.39 Å². The molecule has 0 bridgehead atoms. The predicted octanol–water partition coefficient (Wildman–Crippen LogP) is 5.24. The number of hydrogen-bond donors (Lipinski definition) is 2. The molecule has 226 valence electrons. The van der Waals surface area contributed by atoms with Crippen LogP contribution in [0, 0.1) is 5.82 Å². The van der Waals surface area contributed by atoms with Crippen LogP contribution in [0.25, 0.3) is 17.1 Å². The summed E-state index contributed by atoms with van der Waals surface area (Å²) in [5.74, 6) is 0.673. The van der Waals surface area contributed by atoms with Crippen molar-refractivity contribution >= 4 is 34.9 Å². The normalized spacial score (nSPS) is 16.2. The maximum atomic E-state index is 15.4. The minimum absolute atomic E-state index is 0.119. The quantitative estimate of drug-likeness (QED) is 0.281. The lowest BCUT2D eigenvalue weighted by Crippen LogP contribution is -2.46. The van der Waals surface area contributed by atoms with E-state index >= 15 is 4.39 Å². The zero-order valence-electron chi connectivity index (χ0n) is 24.7. The van der Waals surface area contributed by atoms with Crippen LogP contribution in [0.4, 0.5) is 33.3 Å². The topological polar surface area (TPSA) is 118 Å². The first kappa shape index (κ1) is 27.2. The number of aromatic nitrogens is 5. The number of anilines is 5. The van der Waals surface area contributed by atoms with Crippen molar-refractivity contribution in [2.24, 2.45) is 0 Å². The van der Waals surface area contributed by atoms with Gasteiger partial charge in [0, 0.05) is 36.1 Å². The first-order chi connectivity index (χ1) is 22.0. The molecule has 3 aromatic carbocycles. The number of halogens is 1. The van der Waals surface area contributed by atoms with Crippen LogP contribution in [-0.2, 0) is 24.1 Å². The molecule has 0 unspecified atom stereocenters. The third kappa shape index (κ3) is 4.94. The van der Waals surface area contributed by atoms with Gasteiger partial charge in [-0.1, -0.05) is 42.5 Å². The molecule has 1 fully saturated rings. The van der Waals surface area contributed by atoms with Crippen LogP contribution >= 0.6 is 0 Å². The van der Waals surface area contributed by atoms with Gasteiger partial charge in [0.25, 0.3) is 0 Å². The number of fused-ring (bicyclic) bond motifs is 4. The number of nitrogen functional groups attached to an aromatic ring is 1. The van der Waals surface area contributed by atoms with Crippen molar-refractivity contribution in [3.05, 3.63) is 95.3 Å². The number of hydrogen-bond acceptors (Lipinski definition) is 8. The minimum Gasteiger partial charge on any atom is -0.369 e. The second-order valence-corrected chi connectivity index (χ2v) is 11.9. The molecule has 10 nitrogen and oxygen atoms in total. The molecule has 11 heteroatoms. The third-order valence-electron chi connectivity index (χ3n) is 9.11. The van der Waals surface area contributed by atoms with Crippen LogP contribution in [0.5, 0.6) is 0 Å². The standard InChI is InChI=1S/C34H32FN9O/c35-27-20-24(12-13-29(27)42-16-14-25(15-17-42)43-28-11-4-2-7-22(28)19-31(43)45)37-34-38-33(36)44(41-34)30-18-23-9-5-8-21-6-1-3-10-26(21)32(23)40-39-30/h1-4,6-7,10-13,18,20,25H,5,8-9,14-17,19H2,(H3,36,37,38,41). The Balaban J connectivity index is 0.956. The molecule has 0 saturated carbocycles. The summed E-state index contributed by atoms with van der Waals surface area (Å²) in [5, 5.41) is 16.6. The molecule has 3 N–H and O–H groups in total. The fraction of sp³-hybridized carbons (Fsp3) is 0.265. The molecule has 1 amide bonds. The van der Waals surface area contributed by atoms with Crippen molar-refractivity contribution in [3.63, 3.8) is 0 Å². The van der Waals surface area contributed by atoms with Crippen molar-refractivity contribution in [3.8, 4) is 17.1 Å². The molecule has 2 aromatic heterocycles. The van der Waals surface area contributed by atoms with Crippen LogP contribution in [0.2, 0.25) is 0 Å². The van der Waals surface area contributed by atoms with E-state index < -0.39 is 0 Å². The number of nitrogens with zero attached hydrogens (tertiary/aromatic N) is 7. The molecule has 4 heterocycles. The summed E-state index contributed by atoms with van der Waals surface area (Å²) in [4.78, 5) is 21.1. The van der Waals surface area contributed by atoms with Gasteiger partial charge in [0.15, 0.2) is 5.82 Å².